The van der Waals surface area contributed by atoms with E-state index < -0.39 is 0 Å². The van der Waals surface area contributed by atoms with Crippen molar-refractivity contribution in [2.45, 2.75) is 33.9 Å². The van der Waals surface area contributed by atoms with Gasteiger partial charge in [0.15, 0.2) is 0 Å². The van der Waals surface area contributed by atoms with Crippen LogP contribution >= 0.6 is 11.3 Å². The van der Waals surface area contributed by atoms with E-state index in [1.54, 1.807) is 0 Å². The summed E-state index contributed by atoms with van der Waals surface area (Å²) in [6, 6.07) is 12.3. The Balaban J connectivity index is 1.87. The van der Waals surface area contributed by atoms with Crippen molar-refractivity contribution in [3.05, 3.63) is 57.3 Å². The van der Waals surface area contributed by atoms with Crippen molar-refractivity contribution < 1.29 is 4.79 Å². The Morgan fingerprint density at radius 3 is 2.23 bits per heavy atom. The molecule has 0 aliphatic rings. The number of hydrogen-bond acceptors (Lipinski definition) is 3. The van der Waals surface area contributed by atoms with Crippen LogP contribution in [0.5, 0.6) is 0 Å². The largest absolute Gasteiger partial charge is 0.347 e. The summed E-state index contributed by atoms with van der Waals surface area (Å²) < 4.78 is 0. The lowest BCUT2D eigenvalue weighted by Gasteiger charge is -2.18. The monoisotopic (exact) mass is 316 g/mol. The molecule has 0 aliphatic heterocycles. The fourth-order valence-electron chi connectivity index (χ4n) is 2.29. The van der Waals surface area contributed by atoms with Gasteiger partial charge < -0.3 is 5.32 Å². The SMILES string of the molecule is CCN(CC)Cc1ccc(CNC(=O)c2ccc(C)s2)cc1. The average Bonchev–Trinajstić information content (AvgIpc) is 2.98. The molecule has 22 heavy (non-hydrogen) atoms. The van der Waals surface area contributed by atoms with Crippen LogP contribution in [0.4, 0.5) is 0 Å². The quantitative estimate of drug-likeness (QED) is 0.842. The normalized spacial score (nSPS) is 10.9. The second-order valence-corrected chi connectivity index (χ2v) is 6.66. The van der Waals surface area contributed by atoms with Gasteiger partial charge in [0.1, 0.15) is 0 Å². The molecule has 0 spiro atoms. The van der Waals surface area contributed by atoms with E-state index in [1.807, 2.05) is 19.1 Å². The molecule has 0 bridgehead atoms. The highest BCUT2D eigenvalue weighted by Gasteiger charge is 2.07. The topological polar surface area (TPSA) is 32.3 Å². The number of carbonyl (C=O) groups excluding carboxylic acids is 1. The highest BCUT2D eigenvalue weighted by molar-refractivity contribution is 7.13. The van der Waals surface area contributed by atoms with E-state index in [4.69, 9.17) is 0 Å². The molecule has 1 amide bonds. The molecule has 1 N–H and O–H groups in total. The van der Waals surface area contributed by atoms with E-state index >= 15 is 0 Å². The molecule has 1 aromatic heterocycles. The summed E-state index contributed by atoms with van der Waals surface area (Å²) in [7, 11) is 0. The number of thiophene rings is 1. The number of carbonyl (C=O) groups is 1. The molecule has 118 valence electrons. The Morgan fingerprint density at radius 1 is 1.05 bits per heavy atom. The Morgan fingerprint density at radius 2 is 1.68 bits per heavy atom. The minimum absolute atomic E-state index is 0.00492. The molecule has 0 unspecified atom stereocenters. The smallest absolute Gasteiger partial charge is 0.261 e. The third-order valence-corrected chi connectivity index (χ3v) is 4.74. The first-order chi connectivity index (χ1) is 10.6. The zero-order valence-corrected chi connectivity index (χ0v) is 14.4. The summed E-state index contributed by atoms with van der Waals surface area (Å²) in [4.78, 5) is 16.3. The van der Waals surface area contributed by atoms with Crippen LogP contribution in [0.15, 0.2) is 36.4 Å². The van der Waals surface area contributed by atoms with Crippen LogP contribution in [0.1, 0.15) is 39.5 Å². The first-order valence-corrected chi connectivity index (χ1v) is 8.58. The first kappa shape index (κ1) is 16.7. The average molecular weight is 316 g/mol. The van der Waals surface area contributed by atoms with Gasteiger partial charge in [0, 0.05) is 18.0 Å². The lowest BCUT2D eigenvalue weighted by atomic mass is 10.1. The van der Waals surface area contributed by atoms with Gasteiger partial charge >= 0.3 is 0 Å². The summed E-state index contributed by atoms with van der Waals surface area (Å²) in [5, 5.41) is 2.97. The van der Waals surface area contributed by atoms with Gasteiger partial charge in [-0.3, -0.25) is 9.69 Å². The first-order valence-electron chi connectivity index (χ1n) is 7.77. The standard InChI is InChI=1S/C18H24N2OS/c1-4-20(5-2)13-16-9-7-15(8-10-16)12-19-18(21)17-11-6-14(3)22-17/h6-11H,4-5,12-13H2,1-3H3,(H,19,21). The molecule has 0 aliphatic carbocycles. The van der Waals surface area contributed by atoms with E-state index in [1.165, 1.54) is 16.9 Å². The van der Waals surface area contributed by atoms with Crippen LogP contribution in [0, 0.1) is 6.92 Å². The summed E-state index contributed by atoms with van der Waals surface area (Å²) in [5.41, 5.74) is 2.44. The summed E-state index contributed by atoms with van der Waals surface area (Å²) in [6.45, 7) is 10.0. The van der Waals surface area contributed by atoms with Crippen molar-refractivity contribution in [3.63, 3.8) is 0 Å². The Bertz CT molecular complexity index is 600. The van der Waals surface area contributed by atoms with Crippen LogP contribution < -0.4 is 5.32 Å². The lowest BCUT2D eigenvalue weighted by molar-refractivity contribution is 0.0955. The van der Waals surface area contributed by atoms with Crippen LogP contribution in [0.3, 0.4) is 0 Å². The van der Waals surface area contributed by atoms with Crippen LogP contribution in [0.25, 0.3) is 0 Å². The number of hydrogen-bond donors (Lipinski definition) is 1. The number of aryl methyl sites for hydroxylation is 1. The van der Waals surface area contributed by atoms with Gasteiger partial charge in [0.05, 0.1) is 4.88 Å². The highest BCUT2D eigenvalue weighted by atomic mass is 32.1. The molecule has 4 heteroatoms. The minimum Gasteiger partial charge on any atom is -0.347 e. The fraction of sp³-hybridized carbons (Fsp3) is 0.389. The Hall–Kier alpha value is -1.65. The van der Waals surface area contributed by atoms with Crippen molar-refractivity contribution in [2.75, 3.05) is 13.1 Å². The third-order valence-electron chi connectivity index (χ3n) is 3.74. The Labute approximate surface area is 137 Å². The fourth-order valence-corrected chi connectivity index (χ4v) is 3.08. The number of nitrogens with one attached hydrogen (secondary N) is 1. The van der Waals surface area contributed by atoms with Crippen molar-refractivity contribution in [1.29, 1.82) is 0 Å². The van der Waals surface area contributed by atoms with Gasteiger partial charge in [0.2, 0.25) is 0 Å². The Kier molecular flexibility index (Phi) is 6.16. The molecule has 0 saturated heterocycles. The van der Waals surface area contributed by atoms with E-state index in [0.29, 0.717) is 6.54 Å². The van der Waals surface area contributed by atoms with Gasteiger partial charge in [-0.15, -0.1) is 11.3 Å². The van der Waals surface area contributed by atoms with Crippen molar-refractivity contribution in [2.24, 2.45) is 0 Å². The van der Waals surface area contributed by atoms with Gasteiger partial charge in [-0.05, 0) is 43.3 Å². The molecule has 0 radical (unpaired) electrons. The van der Waals surface area contributed by atoms with E-state index in [-0.39, 0.29) is 5.91 Å². The number of benzene rings is 1. The van der Waals surface area contributed by atoms with Crippen LogP contribution in [0.2, 0.25) is 0 Å². The molecule has 0 atom stereocenters. The summed E-state index contributed by atoms with van der Waals surface area (Å²) in [6.07, 6.45) is 0. The van der Waals surface area contributed by atoms with Gasteiger partial charge in [-0.2, -0.15) is 0 Å². The molecule has 1 aromatic carbocycles. The van der Waals surface area contributed by atoms with Crippen molar-refractivity contribution in [1.82, 2.24) is 10.2 Å². The predicted octanol–water partition coefficient (Wildman–Crippen LogP) is 3.83. The van der Waals surface area contributed by atoms with E-state index in [9.17, 15) is 4.79 Å². The highest BCUT2D eigenvalue weighted by Crippen LogP contribution is 2.15. The molecule has 2 aromatic rings. The molecular weight excluding hydrogens is 292 g/mol. The van der Waals surface area contributed by atoms with Gasteiger partial charge in [-0.25, -0.2) is 0 Å². The zero-order chi connectivity index (χ0) is 15.9. The molecular formula is C18H24N2OS. The second kappa shape index (κ2) is 8.11. The molecule has 1 heterocycles. The maximum Gasteiger partial charge on any atom is 0.261 e. The summed E-state index contributed by atoms with van der Waals surface area (Å²) in [5.74, 6) is 0.00492. The van der Waals surface area contributed by atoms with Crippen molar-refractivity contribution >= 4 is 17.2 Å². The predicted molar refractivity (Wildman–Crippen MR) is 93.3 cm³/mol. The number of amides is 1. The number of nitrogens with zero attached hydrogens (tertiary/aromatic N) is 1. The van der Waals surface area contributed by atoms with Gasteiger partial charge in [-0.1, -0.05) is 38.1 Å². The minimum atomic E-state index is 0.00492. The van der Waals surface area contributed by atoms with Crippen molar-refractivity contribution in [3.8, 4) is 0 Å². The molecule has 2 rings (SSSR count). The van der Waals surface area contributed by atoms with Crippen LogP contribution in [-0.2, 0) is 13.1 Å². The number of rotatable bonds is 7. The molecule has 3 nitrogen and oxygen atoms in total. The summed E-state index contributed by atoms with van der Waals surface area (Å²) >= 11 is 1.53. The zero-order valence-electron chi connectivity index (χ0n) is 13.6. The second-order valence-electron chi connectivity index (χ2n) is 5.37. The van der Waals surface area contributed by atoms with E-state index in [2.05, 4.69) is 48.3 Å². The lowest BCUT2D eigenvalue weighted by Crippen LogP contribution is -2.22. The maximum atomic E-state index is 12.0. The van der Waals surface area contributed by atoms with E-state index in [0.717, 1.165) is 35.0 Å². The third kappa shape index (κ3) is 4.68. The van der Waals surface area contributed by atoms with Gasteiger partial charge in [0.25, 0.3) is 5.91 Å². The van der Waals surface area contributed by atoms with Crippen LogP contribution in [-0.4, -0.2) is 23.9 Å². The molecule has 0 fully saturated rings. The molecule has 0 saturated carbocycles. The maximum absolute atomic E-state index is 12.0.